The summed E-state index contributed by atoms with van der Waals surface area (Å²) in [6.45, 7) is 0.300. The van der Waals surface area contributed by atoms with Crippen LogP contribution in [0.2, 0.25) is 0 Å². The fraction of sp³-hybridized carbons (Fsp3) is 0.412. The van der Waals surface area contributed by atoms with Crippen molar-refractivity contribution in [3.05, 3.63) is 42.5 Å². The molecule has 0 radical (unpaired) electrons. The third kappa shape index (κ3) is 3.33. The summed E-state index contributed by atoms with van der Waals surface area (Å²) in [7, 11) is 0. The van der Waals surface area contributed by atoms with Crippen LogP contribution in [0.25, 0.3) is 5.65 Å². The normalized spacial score (nSPS) is 15.4. The lowest BCUT2D eigenvalue weighted by Crippen LogP contribution is -2.30. The number of carbonyl (C=O) groups excluding carboxylic acids is 1. The van der Waals surface area contributed by atoms with E-state index in [1.807, 2.05) is 39.5 Å². The Labute approximate surface area is 145 Å². The van der Waals surface area contributed by atoms with Gasteiger partial charge in [-0.05, 0) is 25.0 Å². The predicted molar refractivity (Wildman–Crippen MR) is 93.2 cm³/mol. The number of rotatable bonds is 4. The van der Waals surface area contributed by atoms with Crippen LogP contribution in [0.1, 0.15) is 44.0 Å². The van der Waals surface area contributed by atoms with Crippen LogP contribution in [-0.2, 0) is 6.54 Å². The summed E-state index contributed by atoms with van der Waals surface area (Å²) in [5.74, 6) is 1.42. The molecule has 25 heavy (non-hydrogen) atoms. The molecule has 1 aliphatic rings. The summed E-state index contributed by atoms with van der Waals surface area (Å²) in [5, 5.41) is 18.3. The van der Waals surface area contributed by atoms with Crippen LogP contribution in [0, 0.1) is 0 Å². The maximum Gasteiger partial charge on any atom is 0.320 e. The van der Waals surface area contributed by atoms with Gasteiger partial charge in [-0.3, -0.25) is 9.72 Å². The molecule has 3 aromatic rings. The zero-order valence-corrected chi connectivity index (χ0v) is 13.9. The first-order valence-corrected chi connectivity index (χ1v) is 8.68. The summed E-state index contributed by atoms with van der Waals surface area (Å²) in [5.41, 5.74) is 0.759. The summed E-state index contributed by atoms with van der Waals surface area (Å²) in [6.07, 6.45) is 9.56. The van der Waals surface area contributed by atoms with E-state index in [0.29, 0.717) is 18.4 Å². The molecule has 1 saturated carbocycles. The molecule has 0 atom stereocenters. The van der Waals surface area contributed by atoms with Crippen molar-refractivity contribution < 1.29 is 4.79 Å². The third-order valence-electron chi connectivity index (χ3n) is 4.62. The molecule has 1 fully saturated rings. The van der Waals surface area contributed by atoms with Crippen molar-refractivity contribution in [2.45, 2.75) is 44.7 Å². The molecule has 1 aliphatic carbocycles. The molecule has 3 heterocycles. The van der Waals surface area contributed by atoms with Crippen LogP contribution < -0.4 is 10.6 Å². The highest BCUT2D eigenvalue weighted by Gasteiger charge is 2.19. The van der Waals surface area contributed by atoms with Crippen LogP contribution in [-0.4, -0.2) is 30.4 Å². The lowest BCUT2D eigenvalue weighted by molar-refractivity contribution is 0.251. The second kappa shape index (κ2) is 6.92. The second-order valence-corrected chi connectivity index (χ2v) is 6.31. The minimum atomic E-state index is -0.273. The number of aromatic nitrogens is 5. The molecular formula is C17H21N7O. The number of pyridine rings is 1. The van der Waals surface area contributed by atoms with Crippen LogP contribution in [0.5, 0.6) is 0 Å². The van der Waals surface area contributed by atoms with Gasteiger partial charge in [-0.25, -0.2) is 9.48 Å². The van der Waals surface area contributed by atoms with Gasteiger partial charge >= 0.3 is 6.03 Å². The van der Waals surface area contributed by atoms with Crippen molar-refractivity contribution in [1.29, 1.82) is 0 Å². The fourth-order valence-electron chi connectivity index (χ4n) is 3.36. The largest absolute Gasteiger partial charge is 0.331 e. The fourth-order valence-corrected chi connectivity index (χ4v) is 3.36. The number of urea groups is 1. The number of hydrogen-bond acceptors (Lipinski definition) is 4. The van der Waals surface area contributed by atoms with Gasteiger partial charge in [0.15, 0.2) is 11.5 Å². The van der Waals surface area contributed by atoms with Crippen molar-refractivity contribution >= 4 is 17.5 Å². The Morgan fingerprint density at radius 3 is 2.92 bits per heavy atom. The van der Waals surface area contributed by atoms with Gasteiger partial charge in [-0.2, -0.15) is 5.10 Å². The smallest absolute Gasteiger partial charge is 0.320 e. The first-order valence-electron chi connectivity index (χ1n) is 8.68. The molecular weight excluding hydrogens is 318 g/mol. The van der Waals surface area contributed by atoms with E-state index in [2.05, 4.69) is 25.9 Å². The summed E-state index contributed by atoms with van der Waals surface area (Å²) < 4.78 is 3.79. The van der Waals surface area contributed by atoms with Crippen LogP contribution in [0.4, 0.5) is 10.6 Å². The molecule has 130 valence electrons. The SMILES string of the molecule is O=C(NCc1nnc2ccccn12)Nc1ccnn1C1CCCCC1. The molecule has 0 aromatic carbocycles. The van der Waals surface area contributed by atoms with Crippen LogP contribution >= 0.6 is 0 Å². The molecule has 0 unspecified atom stereocenters. The van der Waals surface area contributed by atoms with E-state index in [-0.39, 0.29) is 6.03 Å². The third-order valence-corrected chi connectivity index (χ3v) is 4.62. The molecule has 0 bridgehead atoms. The van der Waals surface area contributed by atoms with E-state index in [1.165, 1.54) is 19.3 Å². The van der Waals surface area contributed by atoms with Crippen LogP contribution in [0.15, 0.2) is 36.7 Å². The number of hydrogen-bond donors (Lipinski definition) is 2. The first-order chi connectivity index (χ1) is 12.3. The van der Waals surface area contributed by atoms with Gasteiger partial charge in [0.05, 0.1) is 18.8 Å². The summed E-state index contributed by atoms with van der Waals surface area (Å²) >= 11 is 0. The molecule has 4 rings (SSSR count). The Bertz CT molecular complexity index is 863. The van der Waals surface area contributed by atoms with Crippen molar-refractivity contribution in [3.8, 4) is 0 Å². The maximum atomic E-state index is 12.3. The number of amides is 2. The number of nitrogens with zero attached hydrogens (tertiary/aromatic N) is 5. The van der Waals surface area contributed by atoms with E-state index in [9.17, 15) is 4.79 Å². The average molecular weight is 339 g/mol. The lowest BCUT2D eigenvalue weighted by atomic mass is 9.96. The topological polar surface area (TPSA) is 89.1 Å². The van der Waals surface area contributed by atoms with E-state index in [0.717, 1.165) is 24.3 Å². The molecule has 3 aromatic heterocycles. The van der Waals surface area contributed by atoms with Gasteiger partial charge in [0.25, 0.3) is 0 Å². The lowest BCUT2D eigenvalue weighted by Gasteiger charge is -2.23. The Morgan fingerprint density at radius 1 is 1.16 bits per heavy atom. The van der Waals surface area contributed by atoms with Gasteiger partial charge in [-0.15, -0.1) is 10.2 Å². The standard InChI is InChI=1S/C17H21N7O/c25-17(18-12-16-22-21-15-8-4-5-11-23(15)16)20-14-9-10-19-24(14)13-6-2-1-3-7-13/h4-5,8-11,13H,1-3,6-7,12H2,(H2,18,20,25). The number of anilines is 1. The van der Waals surface area contributed by atoms with Crippen molar-refractivity contribution in [2.24, 2.45) is 0 Å². The molecule has 0 aliphatic heterocycles. The van der Waals surface area contributed by atoms with Crippen molar-refractivity contribution in [2.75, 3.05) is 5.32 Å². The zero-order valence-electron chi connectivity index (χ0n) is 13.9. The van der Waals surface area contributed by atoms with Crippen molar-refractivity contribution in [3.63, 3.8) is 0 Å². The molecule has 8 heteroatoms. The molecule has 8 nitrogen and oxygen atoms in total. The second-order valence-electron chi connectivity index (χ2n) is 6.31. The average Bonchev–Trinajstić information content (AvgIpc) is 3.27. The number of nitrogens with one attached hydrogen (secondary N) is 2. The zero-order chi connectivity index (χ0) is 17.1. The van der Waals surface area contributed by atoms with Gasteiger partial charge in [0.2, 0.25) is 0 Å². The summed E-state index contributed by atoms with van der Waals surface area (Å²) in [4.78, 5) is 12.3. The molecule has 2 N–H and O–H groups in total. The van der Waals surface area contributed by atoms with Gasteiger partial charge in [0.1, 0.15) is 5.82 Å². The first kappa shape index (κ1) is 15.6. The monoisotopic (exact) mass is 339 g/mol. The molecule has 0 saturated heterocycles. The molecule has 0 spiro atoms. The highest BCUT2D eigenvalue weighted by molar-refractivity contribution is 5.88. The minimum absolute atomic E-state index is 0.273. The Hall–Kier alpha value is -2.90. The van der Waals surface area contributed by atoms with E-state index >= 15 is 0 Å². The van der Waals surface area contributed by atoms with Gasteiger partial charge in [0, 0.05) is 12.3 Å². The van der Waals surface area contributed by atoms with Gasteiger partial charge < -0.3 is 5.32 Å². The summed E-state index contributed by atoms with van der Waals surface area (Å²) in [6, 6.07) is 7.62. The van der Waals surface area contributed by atoms with Gasteiger partial charge in [-0.1, -0.05) is 25.3 Å². The van der Waals surface area contributed by atoms with E-state index < -0.39 is 0 Å². The quantitative estimate of drug-likeness (QED) is 0.765. The Balaban J connectivity index is 1.39. The molecule has 2 amide bonds. The minimum Gasteiger partial charge on any atom is -0.331 e. The van der Waals surface area contributed by atoms with Crippen LogP contribution in [0.3, 0.4) is 0 Å². The van der Waals surface area contributed by atoms with Crippen molar-refractivity contribution in [1.82, 2.24) is 29.7 Å². The highest BCUT2D eigenvalue weighted by atomic mass is 16.2. The van der Waals surface area contributed by atoms with E-state index in [1.54, 1.807) is 6.20 Å². The highest BCUT2D eigenvalue weighted by Crippen LogP contribution is 2.29. The Morgan fingerprint density at radius 2 is 2.04 bits per heavy atom. The Kier molecular flexibility index (Phi) is 4.32. The predicted octanol–water partition coefficient (Wildman–Crippen LogP) is 2.75. The maximum absolute atomic E-state index is 12.3. The number of fused-ring (bicyclic) bond motifs is 1. The van der Waals surface area contributed by atoms with E-state index in [4.69, 9.17) is 0 Å². The number of carbonyl (C=O) groups is 1.